The molecule has 0 aliphatic carbocycles. The molecular formula is C21H16Cl2N2O2. The van der Waals surface area contributed by atoms with Gasteiger partial charge in [-0.25, -0.2) is 5.43 Å². The van der Waals surface area contributed by atoms with Crippen molar-refractivity contribution in [3.63, 3.8) is 0 Å². The molecule has 6 heteroatoms. The normalized spacial score (nSPS) is 10.7. The van der Waals surface area contributed by atoms with E-state index in [0.717, 1.165) is 11.1 Å². The average Bonchev–Trinajstić information content (AvgIpc) is 2.70. The van der Waals surface area contributed by atoms with Gasteiger partial charge in [0.25, 0.3) is 5.91 Å². The molecule has 0 fully saturated rings. The van der Waals surface area contributed by atoms with E-state index in [9.17, 15) is 4.79 Å². The maximum Gasteiger partial charge on any atom is 0.271 e. The lowest BCUT2D eigenvalue weighted by Crippen LogP contribution is -2.17. The summed E-state index contributed by atoms with van der Waals surface area (Å²) < 4.78 is 5.86. The lowest BCUT2D eigenvalue weighted by Gasteiger charge is -2.09. The molecule has 27 heavy (non-hydrogen) atoms. The molecule has 1 N–H and O–H groups in total. The first-order valence-electron chi connectivity index (χ1n) is 8.17. The standard InChI is InChI=1S/C21H16Cl2N2O2/c22-18-11-10-16(12-19(18)23)21(26)25-24-13-17-8-4-5-9-20(17)27-14-15-6-2-1-3-7-15/h1-13H,14H2,(H,25,26)/b24-13-. The van der Waals surface area contributed by atoms with Crippen molar-refractivity contribution in [3.05, 3.63) is 99.5 Å². The molecule has 3 aromatic carbocycles. The van der Waals surface area contributed by atoms with Crippen LogP contribution in [-0.2, 0) is 6.61 Å². The van der Waals surface area contributed by atoms with E-state index in [1.807, 2.05) is 54.6 Å². The van der Waals surface area contributed by atoms with Crippen LogP contribution in [0.5, 0.6) is 5.75 Å². The highest BCUT2D eigenvalue weighted by atomic mass is 35.5. The number of hydrogen-bond donors (Lipinski definition) is 1. The van der Waals surface area contributed by atoms with Gasteiger partial charge in [-0.3, -0.25) is 4.79 Å². The number of nitrogens with zero attached hydrogens (tertiary/aromatic N) is 1. The molecular weight excluding hydrogens is 383 g/mol. The molecule has 0 spiro atoms. The Bertz CT molecular complexity index is 959. The van der Waals surface area contributed by atoms with Gasteiger partial charge < -0.3 is 4.74 Å². The predicted octanol–water partition coefficient (Wildman–Crippen LogP) is 5.34. The van der Waals surface area contributed by atoms with E-state index in [0.29, 0.717) is 28.0 Å². The minimum Gasteiger partial charge on any atom is -0.488 e. The van der Waals surface area contributed by atoms with E-state index < -0.39 is 0 Å². The van der Waals surface area contributed by atoms with Crippen LogP contribution in [0.2, 0.25) is 10.0 Å². The van der Waals surface area contributed by atoms with Crippen LogP contribution >= 0.6 is 23.2 Å². The summed E-state index contributed by atoms with van der Waals surface area (Å²) in [7, 11) is 0. The van der Waals surface area contributed by atoms with Crippen molar-refractivity contribution in [2.75, 3.05) is 0 Å². The number of carbonyl (C=O) groups excluding carboxylic acids is 1. The van der Waals surface area contributed by atoms with Crippen LogP contribution in [0.25, 0.3) is 0 Å². The van der Waals surface area contributed by atoms with Crippen LogP contribution in [0, 0.1) is 0 Å². The third-order valence-electron chi connectivity index (χ3n) is 3.71. The van der Waals surface area contributed by atoms with Crippen LogP contribution < -0.4 is 10.2 Å². The van der Waals surface area contributed by atoms with Gasteiger partial charge in [0.2, 0.25) is 0 Å². The molecule has 0 atom stereocenters. The van der Waals surface area contributed by atoms with Crippen LogP contribution in [-0.4, -0.2) is 12.1 Å². The summed E-state index contributed by atoms with van der Waals surface area (Å²) in [5, 5.41) is 4.71. The molecule has 0 unspecified atom stereocenters. The predicted molar refractivity (Wildman–Crippen MR) is 109 cm³/mol. The second kappa shape index (κ2) is 9.21. The maximum absolute atomic E-state index is 12.1. The van der Waals surface area contributed by atoms with Crippen LogP contribution in [0.3, 0.4) is 0 Å². The van der Waals surface area contributed by atoms with Crippen molar-refractivity contribution in [1.82, 2.24) is 5.43 Å². The summed E-state index contributed by atoms with van der Waals surface area (Å²) >= 11 is 11.8. The molecule has 136 valence electrons. The summed E-state index contributed by atoms with van der Waals surface area (Å²) in [6, 6.07) is 22.0. The summed E-state index contributed by atoms with van der Waals surface area (Å²) in [5.74, 6) is 0.293. The van der Waals surface area contributed by atoms with E-state index in [1.54, 1.807) is 12.1 Å². The first kappa shape index (κ1) is 19.0. The Labute approximate surface area is 167 Å². The van der Waals surface area contributed by atoms with Gasteiger partial charge in [0, 0.05) is 11.1 Å². The van der Waals surface area contributed by atoms with Gasteiger partial charge in [-0.15, -0.1) is 0 Å². The molecule has 0 aliphatic rings. The number of amides is 1. The molecule has 0 aliphatic heterocycles. The van der Waals surface area contributed by atoms with Gasteiger partial charge >= 0.3 is 0 Å². The number of carbonyl (C=O) groups is 1. The van der Waals surface area contributed by atoms with Crippen molar-refractivity contribution >= 4 is 35.3 Å². The molecule has 0 bridgehead atoms. The summed E-state index contributed by atoms with van der Waals surface area (Å²) in [6.07, 6.45) is 1.54. The molecule has 0 radical (unpaired) electrons. The summed E-state index contributed by atoms with van der Waals surface area (Å²) in [4.78, 5) is 12.1. The Kier molecular flexibility index (Phi) is 6.47. The minimum absolute atomic E-state index is 0.313. The van der Waals surface area contributed by atoms with Gasteiger partial charge in [-0.2, -0.15) is 5.10 Å². The monoisotopic (exact) mass is 398 g/mol. The van der Waals surface area contributed by atoms with Crippen molar-refractivity contribution in [1.29, 1.82) is 0 Å². The fourth-order valence-electron chi connectivity index (χ4n) is 2.32. The highest BCUT2D eigenvalue weighted by molar-refractivity contribution is 6.42. The third kappa shape index (κ3) is 5.33. The SMILES string of the molecule is O=C(N/N=C\c1ccccc1OCc1ccccc1)c1ccc(Cl)c(Cl)c1. The summed E-state index contributed by atoms with van der Waals surface area (Å²) in [5.41, 5.74) is 4.66. The fourth-order valence-corrected chi connectivity index (χ4v) is 2.61. The second-order valence-electron chi connectivity index (χ2n) is 5.64. The first-order valence-corrected chi connectivity index (χ1v) is 8.93. The Balaban J connectivity index is 1.64. The Morgan fingerprint density at radius 3 is 2.48 bits per heavy atom. The Morgan fingerprint density at radius 1 is 0.963 bits per heavy atom. The molecule has 0 aromatic heterocycles. The average molecular weight is 399 g/mol. The van der Waals surface area contributed by atoms with Crippen LogP contribution in [0.4, 0.5) is 0 Å². The lowest BCUT2D eigenvalue weighted by atomic mass is 10.2. The molecule has 3 aromatic rings. The van der Waals surface area contributed by atoms with E-state index in [2.05, 4.69) is 10.5 Å². The quantitative estimate of drug-likeness (QED) is 0.450. The number of hydrogen-bond acceptors (Lipinski definition) is 3. The Morgan fingerprint density at radius 2 is 1.70 bits per heavy atom. The third-order valence-corrected chi connectivity index (χ3v) is 4.45. The number of ether oxygens (including phenoxy) is 1. The molecule has 1 amide bonds. The smallest absolute Gasteiger partial charge is 0.271 e. The number of benzene rings is 3. The van der Waals surface area contributed by atoms with Gasteiger partial charge in [-0.05, 0) is 35.9 Å². The van der Waals surface area contributed by atoms with Crippen LogP contribution in [0.1, 0.15) is 21.5 Å². The fraction of sp³-hybridized carbons (Fsp3) is 0.0476. The largest absolute Gasteiger partial charge is 0.488 e. The van der Waals surface area contributed by atoms with E-state index in [4.69, 9.17) is 27.9 Å². The Hall–Kier alpha value is -2.82. The van der Waals surface area contributed by atoms with E-state index in [1.165, 1.54) is 12.3 Å². The molecule has 3 rings (SSSR count). The van der Waals surface area contributed by atoms with Crippen molar-refractivity contribution in [3.8, 4) is 5.75 Å². The van der Waals surface area contributed by atoms with E-state index in [-0.39, 0.29) is 5.91 Å². The maximum atomic E-state index is 12.1. The van der Waals surface area contributed by atoms with Gasteiger partial charge in [-0.1, -0.05) is 65.7 Å². The van der Waals surface area contributed by atoms with Crippen LogP contribution in [0.15, 0.2) is 77.9 Å². The van der Waals surface area contributed by atoms with Gasteiger partial charge in [0.05, 0.1) is 16.3 Å². The summed E-state index contributed by atoms with van der Waals surface area (Å²) in [6.45, 7) is 0.446. The van der Waals surface area contributed by atoms with Crippen molar-refractivity contribution < 1.29 is 9.53 Å². The van der Waals surface area contributed by atoms with Crippen molar-refractivity contribution in [2.45, 2.75) is 6.61 Å². The van der Waals surface area contributed by atoms with Crippen molar-refractivity contribution in [2.24, 2.45) is 5.10 Å². The second-order valence-corrected chi connectivity index (χ2v) is 6.45. The highest BCUT2D eigenvalue weighted by Crippen LogP contribution is 2.22. The number of para-hydroxylation sites is 1. The molecule has 4 nitrogen and oxygen atoms in total. The number of halogens is 2. The molecule has 0 heterocycles. The van der Waals surface area contributed by atoms with Gasteiger partial charge in [0.1, 0.15) is 12.4 Å². The zero-order valence-electron chi connectivity index (χ0n) is 14.2. The van der Waals surface area contributed by atoms with Gasteiger partial charge in [0.15, 0.2) is 0 Å². The number of nitrogens with one attached hydrogen (secondary N) is 1. The van der Waals surface area contributed by atoms with E-state index >= 15 is 0 Å². The number of rotatable bonds is 6. The number of hydrazone groups is 1. The zero-order chi connectivity index (χ0) is 19.1. The first-order chi connectivity index (χ1) is 13.1. The topological polar surface area (TPSA) is 50.7 Å². The zero-order valence-corrected chi connectivity index (χ0v) is 15.7. The molecule has 0 saturated carbocycles. The lowest BCUT2D eigenvalue weighted by molar-refractivity contribution is 0.0955. The minimum atomic E-state index is -0.382. The molecule has 0 saturated heterocycles. The highest BCUT2D eigenvalue weighted by Gasteiger charge is 2.07.